The minimum Gasteiger partial charge on any atom is -0.258 e. The van der Waals surface area contributed by atoms with Gasteiger partial charge in [-0.3, -0.25) is 10.1 Å². The summed E-state index contributed by atoms with van der Waals surface area (Å²) < 4.78 is 52.1. The summed E-state index contributed by atoms with van der Waals surface area (Å²) in [5.74, 6) is -2.88. The van der Waals surface area contributed by atoms with E-state index in [2.05, 4.69) is 0 Å². The lowest BCUT2D eigenvalue weighted by atomic mass is 10.3. The smallest absolute Gasteiger partial charge is 0.258 e. The van der Waals surface area contributed by atoms with Gasteiger partial charge in [-0.15, -0.1) is 0 Å². The molecule has 7 nitrogen and oxygen atoms in total. The van der Waals surface area contributed by atoms with Gasteiger partial charge in [0.15, 0.2) is 0 Å². The van der Waals surface area contributed by atoms with Crippen LogP contribution < -0.4 is 0 Å². The lowest BCUT2D eigenvalue weighted by Crippen LogP contribution is -2.32. The highest BCUT2D eigenvalue weighted by Gasteiger charge is 2.30. The SMILES string of the molecule is CCN(CCC#N)S(=O)(=O)c1cc([N+](=O)[O-])c(F)cc1F. The highest BCUT2D eigenvalue weighted by molar-refractivity contribution is 7.89. The Morgan fingerprint density at radius 1 is 1.38 bits per heavy atom. The zero-order valence-electron chi connectivity index (χ0n) is 10.9. The molecule has 0 spiro atoms. The second-order valence-electron chi connectivity index (χ2n) is 3.90. The van der Waals surface area contributed by atoms with Crippen LogP contribution in [0.5, 0.6) is 0 Å². The fraction of sp³-hybridized carbons (Fsp3) is 0.364. The Balaban J connectivity index is 3.40. The standard InChI is InChI=1S/C11H11F2N3O4S/c1-2-15(5-3-4-14)21(19,20)11-7-10(16(17)18)8(12)6-9(11)13/h6-7H,2-3,5H2,1H3. The van der Waals surface area contributed by atoms with Gasteiger partial charge >= 0.3 is 5.69 Å². The Kier molecular flexibility index (Phi) is 5.28. The van der Waals surface area contributed by atoms with Crippen LogP contribution in [-0.2, 0) is 10.0 Å². The van der Waals surface area contributed by atoms with E-state index in [0.717, 1.165) is 4.31 Å². The van der Waals surface area contributed by atoms with Gasteiger partial charge in [0, 0.05) is 31.6 Å². The predicted molar refractivity (Wildman–Crippen MR) is 67.7 cm³/mol. The van der Waals surface area contributed by atoms with Crippen LogP contribution in [-0.4, -0.2) is 30.7 Å². The van der Waals surface area contributed by atoms with Crippen molar-refractivity contribution >= 4 is 15.7 Å². The Bertz CT molecular complexity index is 700. The molecule has 0 bridgehead atoms. The molecule has 1 aromatic rings. The summed E-state index contributed by atoms with van der Waals surface area (Å²) in [6.45, 7) is 1.21. The molecule has 0 aliphatic rings. The number of halogens is 2. The van der Waals surface area contributed by atoms with Gasteiger partial charge in [-0.1, -0.05) is 6.92 Å². The topological polar surface area (TPSA) is 104 Å². The fourth-order valence-corrected chi connectivity index (χ4v) is 3.13. The molecule has 0 heterocycles. The van der Waals surface area contributed by atoms with E-state index in [1.807, 2.05) is 0 Å². The molecule has 1 rings (SSSR count). The number of rotatable bonds is 6. The van der Waals surface area contributed by atoms with Crippen molar-refractivity contribution in [2.24, 2.45) is 0 Å². The highest BCUT2D eigenvalue weighted by atomic mass is 32.2. The lowest BCUT2D eigenvalue weighted by Gasteiger charge is -2.19. The van der Waals surface area contributed by atoms with Gasteiger partial charge in [-0.25, -0.2) is 12.8 Å². The van der Waals surface area contributed by atoms with E-state index < -0.39 is 37.2 Å². The summed E-state index contributed by atoms with van der Waals surface area (Å²) in [6.07, 6.45) is -0.127. The third-order valence-corrected chi connectivity index (χ3v) is 4.63. The molecule has 0 unspecified atom stereocenters. The van der Waals surface area contributed by atoms with E-state index in [-0.39, 0.29) is 25.6 Å². The minimum atomic E-state index is -4.39. The van der Waals surface area contributed by atoms with E-state index in [4.69, 9.17) is 5.26 Å². The van der Waals surface area contributed by atoms with E-state index >= 15 is 0 Å². The molecule has 0 amide bonds. The summed E-state index contributed by atoms with van der Waals surface area (Å²) in [7, 11) is -4.39. The third kappa shape index (κ3) is 3.50. The van der Waals surface area contributed by atoms with Crippen LogP contribution in [0.3, 0.4) is 0 Å². The number of nitriles is 1. The van der Waals surface area contributed by atoms with Gasteiger partial charge in [0.2, 0.25) is 15.8 Å². The van der Waals surface area contributed by atoms with Crippen molar-refractivity contribution in [3.63, 3.8) is 0 Å². The van der Waals surface area contributed by atoms with E-state index in [1.54, 1.807) is 6.07 Å². The van der Waals surface area contributed by atoms with E-state index in [1.165, 1.54) is 6.92 Å². The Morgan fingerprint density at radius 3 is 2.48 bits per heavy atom. The van der Waals surface area contributed by atoms with Crippen LogP contribution >= 0.6 is 0 Å². The second kappa shape index (κ2) is 6.55. The van der Waals surface area contributed by atoms with Gasteiger partial charge in [0.25, 0.3) is 0 Å². The lowest BCUT2D eigenvalue weighted by molar-refractivity contribution is -0.387. The Labute approximate surface area is 119 Å². The first-order valence-corrected chi connectivity index (χ1v) is 7.20. The molecule has 1 aromatic carbocycles. The Morgan fingerprint density at radius 2 is 2.00 bits per heavy atom. The van der Waals surface area contributed by atoms with Crippen LogP contribution in [0.15, 0.2) is 17.0 Å². The van der Waals surface area contributed by atoms with E-state index in [9.17, 15) is 27.3 Å². The number of nitro benzene ring substituents is 1. The number of nitrogens with zero attached hydrogens (tertiary/aromatic N) is 3. The van der Waals surface area contributed by atoms with Crippen LogP contribution in [0.4, 0.5) is 14.5 Å². The first kappa shape index (κ1) is 16.9. The van der Waals surface area contributed by atoms with Gasteiger partial charge in [-0.2, -0.15) is 14.0 Å². The fourth-order valence-electron chi connectivity index (χ4n) is 1.62. The summed E-state index contributed by atoms with van der Waals surface area (Å²) in [5, 5.41) is 19.1. The van der Waals surface area contributed by atoms with Crippen molar-refractivity contribution in [1.82, 2.24) is 4.31 Å². The van der Waals surface area contributed by atoms with Gasteiger partial charge in [0.1, 0.15) is 10.7 Å². The molecule has 0 saturated carbocycles. The van der Waals surface area contributed by atoms with Crippen molar-refractivity contribution in [2.45, 2.75) is 18.2 Å². The molecule has 114 valence electrons. The molecule has 0 fully saturated rings. The molecular formula is C11H11F2N3O4S. The van der Waals surface area contributed by atoms with E-state index in [0.29, 0.717) is 6.07 Å². The van der Waals surface area contributed by atoms with Crippen LogP contribution in [0.1, 0.15) is 13.3 Å². The molecule has 0 saturated heterocycles. The minimum absolute atomic E-state index is 0.0609. The number of hydrogen-bond donors (Lipinski definition) is 0. The molecule has 21 heavy (non-hydrogen) atoms. The zero-order chi connectivity index (χ0) is 16.2. The van der Waals surface area contributed by atoms with Crippen LogP contribution in [0.2, 0.25) is 0 Å². The number of benzene rings is 1. The summed E-state index contributed by atoms with van der Waals surface area (Å²) in [4.78, 5) is 8.49. The molecule has 0 aromatic heterocycles. The van der Waals surface area contributed by atoms with Gasteiger partial charge < -0.3 is 0 Å². The summed E-state index contributed by atoms with van der Waals surface area (Å²) in [5.41, 5.74) is -1.13. The summed E-state index contributed by atoms with van der Waals surface area (Å²) in [6, 6.07) is 2.24. The monoisotopic (exact) mass is 319 g/mol. The third-order valence-electron chi connectivity index (χ3n) is 2.64. The molecule has 10 heteroatoms. The maximum absolute atomic E-state index is 13.7. The molecule has 0 N–H and O–H groups in total. The van der Waals surface area contributed by atoms with Gasteiger partial charge in [0.05, 0.1) is 11.0 Å². The Hall–Kier alpha value is -2.12. The number of nitro groups is 1. The van der Waals surface area contributed by atoms with Crippen molar-refractivity contribution in [2.75, 3.05) is 13.1 Å². The normalized spacial score (nSPS) is 11.4. The first-order valence-electron chi connectivity index (χ1n) is 5.76. The van der Waals surface area contributed by atoms with Crippen molar-refractivity contribution < 1.29 is 22.1 Å². The molecule has 0 atom stereocenters. The average molecular weight is 319 g/mol. The molecule has 0 aliphatic heterocycles. The maximum Gasteiger partial charge on any atom is 0.306 e. The van der Waals surface area contributed by atoms with Gasteiger partial charge in [-0.05, 0) is 0 Å². The average Bonchev–Trinajstić information content (AvgIpc) is 2.38. The molecule has 0 aliphatic carbocycles. The highest BCUT2D eigenvalue weighted by Crippen LogP contribution is 2.27. The largest absolute Gasteiger partial charge is 0.306 e. The number of hydrogen-bond acceptors (Lipinski definition) is 5. The second-order valence-corrected chi connectivity index (χ2v) is 5.80. The van der Waals surface area contributed by atoms with Crippen LogP contribution in [0, 0.1) is 33.1 Å². The van der Waals surface area contributed by atoms with Crippen molar-refractivity contribution in [3.05, 3.63) is 33.9 Å². The first-order chi connectivity index (χ1) is 9.75. The number of sulfonamides is 1. The van der Waals surface area contributed by atoms with Crippen LogP contribution in [0.25, 0.3) is 0 Å². The predicted octanol–water partition coefficient (Wildman–Crippen LogP) is 1.80. The molecular weight excluding hydrogens is 308 g/mol. The quantitative estimate of drug-likeness (QED) is 0.587. The summed E-state index contributed by atoms with van der Waals surface area (Å²) >= 11 is 0. The zero-order valence-corrected chi connectivity index (χ0v) is 11.7. The maximum atomic E-state index is 13.7. The molecule has 0 radical (unpaired) electrons. The van der Waals surface area contributed by atoms with Crippen molar-refractivity contribution in [3.8, 4) is 6.07 Å². The van der Waals surface area contributed by atoms with Crippen molar-refractivity contribution in [1.29, 1.82) is 5.26 Å².